The summed E-state index contributed by atoms with van der Waals surface area (Å²) in [6.45, 7) is 3.59. The summed E-state index contributed by atoms with van der Waals surface area (Å²) in [4.78, 5) is 4.36. The van der Waals surface area contributed by atoms with Gasteiger partial charge in [0.25, 0.3) is 0 Å². The van der Waals surface area contributed by atoms with Crippen LogP contribution in [0.3, 0.4) is 0 Å². The van der Waals surface area contributed by atoms with Gasteiger partial charge in [-0.1, -0.05) is 18.4 Å². The van der Waals surface area contributed by atoms with Crippen LogP contribution in [0.2, 0.25) is 0 Å². The Morgan fingerprint density at radius 2 is 2.00 bits per heavy atom. The van der Waals surface area contributed by atoms with Gasteiger partial charge in [0, 0.05) is 5.56 Å². The number of rotatable bonds is 6. The minimum absolute atomic E-state index is 0.271. The highest BCUT2D eigenvalue weighted by Gasteiger charge is 2.31. The second kappa shape index (κ2) is 6.40. The van der Waals surface area contributed by atoms with E-state index in [1.807, 2.05) is 0 Å². The maximum atomic E-state index is 12.9. The Bertz CT molecular complexity index is 556. The number of aliphatic imine (C=N–C) groups is 1. The molecule has 1 atom stereocenters. The van der Waals surface area contributed by atoms with Gasteiger partial charge >= 0.3 is 0 Å². The van der Waals surface area contributed by atoms with E-state index in [-0.39, 0.29) is 5.82 Å². The molecule has 0 spiro atoms. The molecule has 0 aromatic heterocycles. The molecule has 1 aromatic rings. The molecule has 2 rings (SSSR count). The smallest absolute Gasteiger partial charge is 0.207 e. The molecule has 1 unspecified atom stereocenters. The van der Waals surface area contributed by atoms with Gasteiger partial charge in [-0.25, -0.2) is 4.39 Å². The molecule has 0 amide bonds. The van der Waals surface area contributed by atoms with Gasteiger partial charge in [0.1, 0.15) is 18.9 Å². The Labute approximate surface area is 118 Å². The Kier molecular flexibility index (Phi) is 4.59. The van der Waals surface area contributed by atoms with Crippen LogP contribution in [0.15, 0.2) is 34.4 Å². The molecule has 1 aromatic carbocycles. The van der Waals surface area contributed by atoms with Crippen molar-refractivity contribution in [3.8, 4) is 6.07 Å². The molecule has 0 fully saturated rings. The van der Waals surface area contributed by atoms with Gasteiger partial charge in [-0.15, -0.1) is 0 Å². The van der Waals surface area contributed by atoms with Crippen LogP contribution in [-0.2, 0) is 0 Å². The van der Waals surface area contributed by atoms with Crippen LogP contribution < -0.4 is 0 Å². The second-order valence-corrected chi connectivity index (χ2v) is 4.87. The van der Waals surface area contributed by atoms with E-state index in [0.717, 1.165) is 24.9 Å². The van der Waals surface area contributed by atoms with E-state index in [1.54, 1.807) is 18.5 Å². The van der Waals surface area contributed by atoms with Crippen molar-refractivity contribution < 1.29 is 8.98 Å². The largest absolute Gasteiger partial charge is 0.220 e. The molecular formula is C15H18FN4+. The summed E-state index contributed by atoms with van der Waals surface area (Å²) < 4.78 is 13.3. The molecule has 104 valence electrons. The van der Waals surface area contributed by atoms with Crippen molar-refractivity contribution >= 4 is 12.2 Å². The number of quaternary nitrogens is 1. The van der Waals surface area contributed by atoms with E-state index >= 15 is 0 Å². The van der Waals surface area contributed by atoms with Crippen molar-refractivity contribution in [1.82, 2.24) is 0 Å². The maximum absolute atomic E-state index is 12.9. The SMILES string of the molecule is CCCC[N+]1(CCC#N)C=NC(c2ccc(F)cc2)=N1. The van der Waals surface area contributed by atoms with E-state index < -0.39 is 0 Å². The Morgan fingerprint density at radius 3 is 2.65 bits per heavy atom. The number of amidine groups is 1. The quantitative estimate of drug-likeness (QED) is 0.735. The first-order valence-corrected chi connectivity index (χ1v) is 6.84. The van der Waals surface area contributed by atoms with Gasteiger partial charge in [-0.2, -0.15) is 14.8 Å². The van der Waals surface area contributed by atoms with Crippen molar-refractivity contribution in [3.63, 3.8) is 0 Å². The predicted octanol–water partition coefficient (Wildman–Crippen LogP) is 3.06. The van der Waals surface area contributed by atoms with Crippen LogP contribution >= 0.6 is 0 Å². The van der Waals surface area contributed by atoms with Gasteiger partial charge < -0.3 is 0 Å². The number of nitriles is 1. The molecule has 20 heavy (non-hydrogen) atoms. The monoisotopic (exact) mass is 273 g/mol. The topological polar surface area (TPSA) is 48.5 Å². The highest BCUT2D eigenvalue weighted by molar-refractivity contribution is 6.03. The molecule has 0 saturated carbocycles. The van der Waals surface area contributed by atoms with Crippen molar-refractivity contribution in [2.45, 2.75) is 26.2 Å². The average Bonchev–Trinajstić information content (AvgIpc) is 2.89. The number of unbranched alkanes of at least 4 members (excludes halogenated alkanes) is 1. The number of nitrogens with zero attached hydrogens (tertiary/aromatic N) is 4. The van der Waals surface area contributed by atoms with Crippen LogP contribution in [0.25, 0.3) is 0 Å². The van der Waals surface area contributed by atoms with Gasteiger partial charge in [0.2, 0.25) is 12.2 Å². The highest BCUT2D eigenvalue weighted by Crippen LogP contribution is 2.18. The maximum Gasteiger partial charge on any atom is 0.220 e. The molecular weight excluding hydrogens is 255 g/mol. The molecule has 5 heteroatoms. The number of halogens is 1. The third-order valence-corrected chi connectivity index (χ3v) is 3.30. The van der Waals surface area contributed by atoms with E-state index in [0.29, 0.717) is 23.4 Å². The molecule has 1 heterocycles. The second-order valence-electron chi connectivity index (χ2n) is 4.87. The molecule has 1 aliphatic heterocycles. The van der Waals surface area contributed by atoms with Gasteiger partial charge in [0.15, 0.2) is 0 Å². The van der Waals surface area contributed by atoms with Crippen molar-refractivity contribution in [2.24, 2.45) is 10.1 Å². The summed E-state index contributed by atoms with van der Waals surface area (Å²) >= 11 is 0. The molecule has 0 N–H and O–H groups in total. The lowest BCUT2D eigenvalue weighted by Gasteiger charge is -2.23. The Morgan fingerprint density at radius 1 is 1.25 bits per heavy atom. The summed E-state index contributed by atoms with van der Waals surface area (Å²) in [5, 5.41) is 13.4. The third-order valence-electron chi connectivity index (χ3n) is 3.30. The summed E-state index contributed by atoms with van der Waals surface area (Å²) in [6, 6.07) is 8.32. The Balaban J connectivity index is 2.22. The molecule has 0 saturated heterocycles. The predicted molar refractivity (Wildman–Crippen MR) is 76.6 cm³/mol. The molecule has 4 nitrogen and oxygen atoms in total. The fourth-order valence-electron chi connectivity index (χ4n) is 2.14. The summed E-state index contributed by atoms with van der Waals surface area (Å²) in [5.74, 6) is 0.339. The molecule has 0 bridgehead atoms. The first kappa shape index (κ1) is 14.4. The van der Waals surface area contributed by atoms with Gasteiger partial charge in [0.05, 0.1) is 12.5 Å². The lowest BCUT2D eigenvalue weighted by atomic mass is 10.2. The Hall–Kier alpha value is -2.06. The summed E-state index contributed by atoms with van der Waals surface area (Å²) in [5.41, 5.74) is 0.802. The number of hydrogen-bond donors (Lipinski definition) is 0. The summed E-state index contributed by atoms with van der Waals surface area (Å²) in [7, 11) is 0. The van der Waals surface area contributed by atoms with Gasteiger partial charge in [-0.3, -0.25) is 0 Å². The minimum Gasteiger partial charge on any atom is -0.207 e. The van der Waals surface area contributed by atoms with E-state index in [1.165, 1.54) is 12.1 Å². The third kappa shape index (κ3) is 3.28. The molecule has 0 aliphatic carbocycles. The fourth-order valence-corrected chi connectivity index (χ4v) is 2.14. The van der Waals surface area contributed by atoms with Crippen LogP contribution in [-0.4, -0.2) is 29.9 Å². The lowest BCUT2D eigenvalue weighted by molar-refractivity contribution is -0.839. The zero-order chi connectivity index (χ0) is 14.4. The van der Waals surface area contributed by atoms with Crippen molar-refractivity contribution in [2.75, 3.05) is 13.1 Å². The molecule has 1 aliphatic rings. The average molecular weight is 273 g/mol. The first-order chi connectivity index (χ1) is 9.69. The highest BCUT2D eigenvalue weighted by atomic mass is 19.1. The molecule has 0 radical (unpaired) electrons. The zero-order valence-corrected chi connectivity index (χ0v) is 11.6. The normalized spacial score (nSPS) is 20.8. The minimum atomic E-state index is -0.271. The van der Waals surface area contributed by atoms with Gasteiger partial charge in [-0.05, 0) is 30.7 Å². The lowest BCUT2D eigenvalue weighted by Crippen LogP contribution is -2.41. The standard InChI is InChI=1S/C15H18FN4/c1-2-3-10-20(11-4-9-17)12-18-15(19-20)13-5-7-14(16)8-6-13/h5-8,12H,2-4,10-11H2,1H3/q+1. The summed E-state index contributed by atoms with van der Waals surface area (Å²) in [6.07, 6.45) is 4.33. The number of benzene rings is 1. The van der Waals surface area contributed by atoms with Crippen molar-refractivity contribution in [3.05, 3.63) is 35.6 Å². The van der Waals surface area contributed by atoms with Crippen LogP contribution in [0.4, 0.5) is 4.39 Å². The van der Waals surface area contributed by atoms with Crippen molar-refractivity contribution in [1.29, 1.82) is 5.26 Å². The van der Waals surface area contributed by atoms with Crippen LogP contribution in [0.1, 0.15) is 31.7 Å². The first-order valence-electron chi connectivity index (χ1n) is 6.84. The fraction of sp³-hybridized carbons (Fsp3) is 0.400. The zero-order valence-electron chi connectivity index (χ0n) is 11.6. The van der Waals surface area contributed by atoms with Crippen LogP contribution in [0, 0.1) is 17.1 Å². The van der Waals surface area contributed by atoms with E-state index in [4.69, 9.17) is 5.26 Å². The van der Waals surface area contributed by atoms with E-state index in [2.05, 4.69) is 23.1 Å². The van der Waals surface area contributed by atoms with Crippen LogP contribution in [0.5, 0.6) is 0 Å². The van der Waals surface area contributed by atoms with E-state index in [9.17, 15) is 4.39 Å². The number of hydrogen-bond acceptors (Lipinski definition) is 3.